The van der Waals surface area contributed by atoms with Crippen LogP contribution in [0.25, 0.3) is 0 Å². The van der Waals surface area contributed by atoms with Gasteiger partial charge in [0.15, 0.2) is 11.9 Å². The summed E-state index contributed by atoms with van der Waals surface area (Å²) in [5, 5.41) is 12.9. The monoisotopic (exact) mass is 579 g/mol. The summed E-state index contributed by atoms with van der Waals surface area (Å²) >= 11 is 3.26. The van der Waals surface area contributed by atoms with Crippen molar-refractivity contribution < 1.29 is 37.4 Å². The van der Waals surface area contributed by atoms with E-state index in [1.807, 2.05) is 4.98 Å². The number of H-pyrrole nitrogens is 1. The van der Waals surface area contributed by atoms with Gasteiger partial charge in [0.1, 0.15) is 24.0 Å². The number of carbonyl (C=O) groups excluding carboxylic acids is 1. The molecule has 0 saturated carbocycles. The molecule has 0 spiro atoms. The van der Waals surface area contributed by atoms with Crippen molar-refractivity contribution in [2.45, 2.75) is 44.0 Å². The molecule has 2 aromatic rings. The van der Waals surface area contributed by atoms with Gasteiger partial charge in [-0.15, -0.1) is 0 Å². The summed E-state index contributed by atoms with van der Waals surface area (Å²) < 4.78 is 51.4. The zero-order valence-electron chi connectivity index (χ0n) is 18.8. The quantitative estimate of drug-likeness (QED) is 0.294. The van der Waals surface area contributed by atoms with Gasteiger partial charge in [0, 0.05) is 16.7 Å². The second kappa shape index (κ2) is 10.7. The van der Waals surface area contributed by atoms with Gasteiger partial charge < -0.3 is 19.1 Å². The second-order valence-corrected chi connectivity index (χ2v) is 10.5. The predicted octanol–water partition coefficient (Wildman–Crippen LogP) is 1.64. The van der Waals surface area contributed by atoms with E-state index in [4.69, 9.17) is 13.8 Å². The summed E-state index contributed by atoms with van der Waals surface area (Å²) in [7, 11) is -3.16. The van der Waals surface area contributed by atoms with E-state index in [-0.39, 0.29) is 5.75 Å². The molecule has 15 heteroatoms. The fourth-order valence-corrected chi connectivity index (χ4v) is 5.09. The number of aliphatic hydroxyl groups is 1. The van der Waals surface area contributed by atoms with E-state index >= 15 is 4.39 Å². The summed E-state index contributed by atoms with van der Waals surface area (Å²) in [6.07, 6.45) is -3.80. The van der Waals surface area contributed by atoms with E-state index in [9.17, 15) is 24.1 Å². The number of aromatic amines is 1. The van der Waals surface area contributed by atoms with E-state index in [0.29, 0.717) is 0 Å². The number of carbonyl (C=O) groups is 1. The molecule has 1 aromatic heterocycles. The maximum atomic E-state index is 15.4. The SMILES string of the molecule is COC(=O)[C@H](C)NP(=O)(OC[C@H]1O[C@@H](n2ccc(=O)[nH]c2=O)C(C)(F)[C@@H]1O)Oc1ccc(Br)cc1. The fraction of sp³-hybridized carbons (Fsp3) is 0.450. The van der Waals surface area contributed by atoms with Crippen LogP contribution in [0.15, 0.2) is 50.6 Å². The number of benzene rings is 1. The van der Waals surface area contributed by atoms with Crippen molar-refractivity contribution >= 4 is 29.6 Å². The molecule has 0 radical (unpaired) electrons. The molecule has 3 rings (SSSR count). The highest BCUT2D eigenvalue weighted by molar-refractivity contribution is 9.10. The molecular formula is C20H24BrFN3O9P. The van der Waals surface area contributed by atoms with E-state index in [2.05, 4.69) is 25.8 Å². The molecule has 0 amide bonds. The van der Waals surface area contributed by atoms with Gasteiger partial charge in [-0.05, 0) is 38.1 Å². The average molecular weight is 580 g/mol. The third kappa shape index (κ3) is 6.26. The lowest BCUT2D eigenvalue weighted by Gasteiger charge is -2.25. The highest BCUT2D eigenvalue weighted by Gasteiger charge is 2.55. The van der Waals surface area contributed by atoms with Crippen LogP contribution in [0.3, 0.4) is 0 Å². The van der Waals surface area contributed by atoms with Crippen LogP contribution in [-0.2, 0) is 23.4 Å². The zero-order chi connectivity index (χ0) is 26.0. The Morgan fingerprint density at radius 3 is 2.63 bits per heavy atom. The van der Waals surface area contributed by atoms with Gasteiger partial charge in [-0.1, -0.05) is 15.9 Å². The largest absolute Gasteiger partial charge is 0.468 e. The second-order valence-electron chi connectivity index (χ2n) is 7.85. The fourth-order valence-electron chi connectivity index (χ4n) is 3.32. The smallest absolute Gasteiger partial charge is 0.459 e. The van der Waals surface area contributed by atoms with Gasteiger partial charge in [0.25, 0.3) is 5.56 Å². The standard InChI is InChI=1S/C20H24BrFN3O9P/c1-11(17(28)31-3)24-35(30,34-13-6-4-12(21)5-7-13)32-10-14-16(27)20(2,22)18(33-14)25-9-8-15(26)23-19(25)29/h4-9,11,14,16,18,27H,10H2,1-3H3,(H,24,30)(H,23,26,29)/t11-,14+,16+,18+,20?,35?/m0/s1. The van der Waals surface area contributed by atoms with Crippen LogP contribution in [0.2, 0.25) is 0 Å². The lowest BCUT2D eigenvalue weighted by molar-refractivity contribution is -0.142. The van der Waals surface area contributed by atoms with Crippen molar-refractivity contribution in [1.29, 1.82) is 0 Å². The summed E-state index contributed by atoms with van der Waals surface area (Å²) in [6.45, 7) is 1.73. The van der Waals surface area contributed by atoms with Crippen LogP contribution in [-0.4, -0.2) is 58.3 Å². The number of halogens is 2. The summed E-state index contributed by atoms with van der Waals surface area (Å²) in [5.41, 5.74) is -4.13. The number of hydrogen-bond donors (Lipinski definition) is 3. The molecule has 12 nitrogen and oxygen atoms in total. The number of aromatic nitrogens is 2. The number of hydrogen-bond acceptors (Lipinski definition) is 9. The maximum Gasteiger partial charge on any atom is 0.459 e. The Bertz CT molecular complexity index is 1220. The van der Waals surface area contributed by atoms with E-state index in [1.54, 1.807) is 12.1 Å². The Kier molecular flexibility index (Phi) is 8.35. The topological polar surface area (TPSA) is 158 Å². The number of methoxy groups -OCH3 is 1. The van der Waals surface area contributed by atoms with Gasteiger partial charge in [0.2, 0.25) is 0 Å². The molecule has 1 aliphatic heterocycles. The number of nitrogens with one attached hydrogen (secondary N) is 2. The van der Waals surface area contributed by atoms with E-state index in [1.165, 1.54) is 19.1 Å². The Balaban J connectivity index is 1.81. The molecular weight excluding hydrogens is 556 g/mol. The lowest BCUT2D eigenvalue weighted by atomic mass is 9.98. The predicted molar refractivity (Wildman–Crippen MR) is 124 cm³/mol. The first-order valence-corrected chi connectivity index (χ1v) is 12.6. The van der Waals surface area contributed by atoms with Crippen LogP contribution >= 0.6 is 23.7 Å². The van der Waals surface area contributed by atoms with Crippen LogP contribution in [0.5, 0.6) is 5.75 Å². The molecule has 1 fully saturated rings. The average Bonchev–Trinajstić information content (AvgIpc) is 3.02. The van der Waals surface area contributed by atoms with Crippen molar-refractivity contribution in [2.75, 3.05) is 13.7 Å². The zero-order valence-corrected chi connectivity index (χ0v) is 21.3. The minimum atomic E-state index is -4.30. The molecule has 35 heavy (non-hydrogen) atoms. The highest BCUT2D eigenvalue weighted by Crippen LogP contribution is 2.47. The third-order valence-electron chi connectivity index (χ3n) is 5.18. The molecule has 0 bridgehead atoms. The number of rotatable bonds is 9. The molecule has 192 valence electrons. The van der Waals surface area contributed by atoms with Gasteiger partial charge >= 0.3 is 19.4 Å². The molecule has 6 atom stereocenters. The van der Waals surface area contributed by atoms with E-state index in [0.717, 1.165) is 35.3 Å². The molecule has 2 unspecified atom stereocenters. The first kappa shape index (κ1) is 27.2. The van der Waals surface area contributed by atoms with Crippen LogP contribution in [0.4, 0.5) is 4.39 Å². The molecule has 1 aromatic carbocycles. The number of nitrogens with zero attached hydrogens (tertiary/aromatic N) is 1. The van der Waals surface area contributed by atoms with Crippen molar-refractivity contribution in [3.8, 4) is 5.75 Å². The van der Waals surface area contributed by atoms with Crippen molar-refractivity contribution in [2.24, 2.45) is 0 Å². The molecule has 0 aliphatic carbocycles. The Hall–Kier alpha value is -2.35. The summed E-state index contributed by atoms with van der Waals surface area (Å²) in [6, 6.07) is 6.10. The van der Waals surface area contributed by atoms with Gasteiger partial charge in [-0.3, -0.25) is 23.7 Å². The van der Waals surface area contributed by atoms with Gasteiger partial charge in [-0.25, -0.2) is 13.8 Å². The number of ether oxygens (including phenoxy) is 2. The van der Waals surface area contributed by atoms with Crippen LogP contribution in [0, 0.1) is 0 Å². The van der Waals surface area contributed by atoms with Crippen molar-refractivity contribution in [3.05, 3.63) is 61.8 Å². The van der Waals surface area contributed by atoms with Crippen molar-refractivity contribution in [3.63, 3.8) is 0 Å². The first-order chi connectivity index (χ1) is 16.4. The Morgan fingerprint density at radius 1 is 1.37 bits per heavy atom. The molecule has 2 heterocycles. The molecule has 1 aliphatic rings. The Labute approximate surface area is 207 Å². The third-order valence-corrected chi connectivity index (χ3v) is 7.35. The van der Waals surface area contributed by atoms with Crippen LogP contribution in [0.1, 0.15) is 20.1 Å². The summed E-state index contributed by atoms with van der Waals surface area (Å²) in [4.78, 5) is 37.3. The Morgan fingerprint density at radius 2 is 2.03 bits per heavy atom. The van der Waals surface area contributed by atoms with Gasteiger partial charge in [0.05, 0.1) is 13.7 Å². The van der Waals surface area contributed by atoms with Gasteiger partial charge in [-0.2, -0.15) is 5.09 Å². The minimum Gasteiger partial charge on any atom is -0.468 e. The van der Waals surface area contributed by atoms with Crippen molar-refractivity contribution in [1.82, 2.24) is 14.6 Å². The molecule has 3 N–H and O–H groups in total. The normalized spacial score (nSPS) is 26.6. The number of aliphatic hydroxyl groups excluding tert-OH is 1. The highest BCUT2D eigenvalue weighted by atomic mass is 79.9. The number of alkyl halides is 1. The first-order valence-electron chi connectivity index (χ1n) is 10.3. The minimum absolute atomic E-state index is 0.127. The summed E-state index contributed by atoms with van der Waals surface area (Å²) in [5.74, 6) is -0.624. The molecule has 1 saturated heterocycles. The van der Waals surface area contributed by atoms with E-state index < -0.39 is 61.7 Å². The van der Waals surface area contributed by atoms with Crippen LogP contribution < -0.4 is 20.9 Å². The maximum absolute atomic E-state index is 15.4. The lowest BCUT2D eigenvalue weighted by Crippen LogP contribution is -2.43. The number of esters is 1.